The summed E-state index contributed by atoms with van der Waals surface area (Å²) in [5, 5.41) is 15.7. The minimum absolute atomic E-state index is 0.0416. The number of thiophene rings is 1. The zero-order valence-corrected chi connectivity index (χ0v) is 14.0. The minimum Gasteiger partial charge on any atom is -0.462 e. The van der Waals surface area contributed by atoms with Crippen LogP contribution in [-0.2, 0) is 4.74 Å². The molecule has 0 aliphatic carbocycles. The zero-order valence-electron chi connectivity index (χ0n) is 13.2. The molecule has 1 saturated heterocycles. The second-order valence-electron chi connectivity index (χ2n) is 5.42. The number of ether oxygens (including phenoxy) is 1. The second-order valence-corrected chi connectivity index (χ2v) is 6.20. The van der Waals surface area contributed by atoms with E-state index in [9.17, 15) is 14.9 Å². The Morgan fingerprint density at radius 1 is 1.54 bits per heavy atom. The minimum atomic E-state index is -0.695. The Labute approximate surface area is 143 Å². The maximum atomic E-state index is 12.1. The Bertz CT molecular complexity index is 748. The van der Waals surface area contributed by atoms with E-state index >= 15 is 0 Å². The highest BCUT2D eigenvalue weighted by Crippen LogP contribution is 2.40. The van der Waals surface area contributed by atoms with Crippen LogP contribution in [0.25, 0.3) is 0 Å². The highest BCUT2D eigenvalue weighted by Gasteiger charge is 2.35. The lowest BCUT2D eigenvalue weighted by Crippen LogP contribution is -2.25. The summed E-state index contributed by atoms with van der Waals surface area (Å²) < 4.78 is 4.95. The van der Waals surface area contributed by atoms with Gasteiger partial charge in [0.05, 0.1) is 17.6 Å². The average molecular weight is 347 g/mol. The number of rotatable bonds is 5. The molecule has 2 aromatic heterocycles. The molecule has 3 heterocycles. The van der Waals surface area contributed by atoms with E-state index < -0.39 is 10.9 Å². The monoisotopic (exact) mass is 347 g/mol. The van der Waals surface area contributed by atoms with Crippen LogP contribution in [0, 0.1) is 10.1 Å². The molecule has 8 heteroatoms. The third kappa shape index (κ3) is 2.96. The van der Waals surface area contributed by atoms with E-state index in [1.54, 1.807) is 18.3 Å². The molecule has 1 aliphatic rings. The normalized spacial score (nSPS) is 17.0. The number of anilines is 1. The topological polar surface area (TPSA) is 85.6 Å². The number of carbonyl (C=O) groups excluding carboxylic acids is 1. The third-order valence-corrected chi connectivity index (χ3v) is 4.74. The summed E-state index contributed by atoms with van der Waals surface area (Å²) in [6, 6.07) is 3.41. The van der Waals surface area contributed by atoms with E-state index in [0.29, 0.717) is 6.54 Å². The van der Waals surface area contributed by atoms with Crippen molar-refractivity contribution in [3.63, 3.8) is 0 Å². The van der Waals surface area contributed by atoms with E-state index in [0.717, 1.165) is 18.4 Å². The number of hydrogen-bond donors (Lipinski definition) is 0. The standard InChI is InChI=1S/C16H17N3O4S/c1-2-23-16(20)12-5-7-17-15(14(12)19(21)22)18-8-3-4-13(18)11-6-9-24-10-11/h5-7,9-10,13H,2-4,8H2,1H3/t13-/m0/s1. The predicted molar refractivity (Wildman–Crippen MR) is 90.5 cm³/mol. The molecule has 1 fully saturated rings. The van der Waals surface area contributed by atoms with Gasteiger partial charge in [-0.2, -0.15) is 11.3 Å². The van der Waals surface area contributed by atoms with Crippen LogP contribution in [0.15, 0.2) is 29.1 Å². The Morgan fingerprint density at radius 2 is 2.38 bits per heavy atom. The van der Waals surface area contributed by atoms with Gasteiger partial charge in [-0.25, -0.2) is 9.78 Å². The Kier molecular flexibility index (Phi) is 4.75. The van der Waals surface area contributed by atoms with E-state index in [-0.39, 0.29) is 29.7 Å². The fraction of sp³-hybridized carbons (Fsp3) is 0.375. The number of nitrogens with zero attached hydrogens (tertiary/aromatic N) is 3. The molecule has 0 N–H and O–H groups in total. The molecular formula is C16H17N3O4S. The number of esters is 1. The maximum Gasteiger partial charge on any atom is 0.345 e. The van der Waals surface area contributed by atoms with Gasteiger partial charge in [0.15, 0.2) is 0 Å². The van der Waals surface area contributed by atoms with E-state index in [2.05, 4.69) is 4.98 Å². The van der Waals surface area contributed by atoms with Crippen LogP contribution in [0.1, 0.15) is 41.7 Å². The van der Waals surface area contributed by atoms with E-state index in [1.807, 2.05) is 21.7 Å². The van der Waals surface area contributed by atoms with Crippen molar-refractivity contribution in [1.82, 2.24) is 4.98 Å². The molecule has 126 valence electrons. The largest absolute Gasteiger partial charge is 0.462 e. The number of carbonyl (C=O) groups is 1. The number of hydrogen-bond acceptors (Lipinski definition) is 7. The first kappa shape index (κ1) is 16.4. The highest BCUT2D eigenvalue weighted by molar-refractivity contribution is 7.08. The van der Waals surface area contributed by atoms with Gasteiger partial charge in [0, 0.05) is 12.7 Å². The fourth-order valence-electron chi connectivity index (χ4n) is 3.04. The van der Waals surface area contributed by atoms with Crippen LogP contribution in [0.3, 0.4) is 0 Å². The highest BCUT2D eigenvalue weighted by atomic mass is 32.1. The van der Waals surface area contributed by atoms with Gasteiger partial charge in [-0.1, -0.05) is 0 Å². The molecular weight excluding hydrogens is 330 g/mol. The predicted octanol–water partition coefficient (Wildman–Crippen LogP) is 3.57. The molecule has 24 heavy (non-hydrogen) atoms. The van der Waals surface area contributed by atoms with Gasteiger partial charge < -0.3 is 9.64 Å². The number of pyridine rings is 1. The van der Waals surface area contributed by atoms with Gasteiger partial charge in [0.25, 0.3) is 0 Å². The molecule has 0 amide bonds. The molecule has 1 atom stereocenters. The smallest absolute Gasteiger partial charge is 0.345 e. The van der Waals surface area contributed by atoms with E-state index in [1.165, 1.54) is 12.3 Å². The van der Waals surface area contributed by atoms with Crippen molar-refractivity contribution >= 4 is 28.8 Å². The number of nitro groups is 1. The lowest BCUT2D eigenvalue weighted by atomic mass is 10.1. The van der Waals surface area contributed by atoms with Crippen LogP contribution in [0.2, 0.25) is 0 Å². The van der Waals surface area contributed by atoms with Gasteiger partial charge in [-0.3, -0.25) is 10.1 Å². The lowest BCUT2D eigenvalue weighted by Gasteiger charge is -2.25. The second kappa shape index (κ2) is 6.96. The van der Waals surface area contributed by atoms with Crippen molar-refractivity contribution in [1.29, 1.82) is 0 Å². The van der Waals surface area contributed by atoms with Gasteiger partial charge >= 0.3 is 11.7 Å². The quantitative estimate of drug-likeness (QED) is 0.467. The summed E-state index contributed by atoms with van der Waals surface area (Å²) in [4.78, 5) is 29.3. The lowest BCUT2D eigenvalue weighted by molar-refractivity contribution is -0.384. The Balaban J connectivity index is 2.05. The summed E-state index contributed by atoms with van der Waals surface area (Å²) >= 11 is 1.59. The SMILES string of the molecule is CCOC(=O)c1ccnc(N2CCC[C@H]2c2ccsc2)c1[N+](=O)[O-]. The molecule has 3 rings (SSSR count). The molecule has 0 unspecified atom stereocenters. The van der Waals surface area contributed by atoms with Crippen molar-refractivity contribution < 1.29 is 14.5 Å². The van der Waals surface area contributed by atoms with Crippen LogP contribution in [-0.4, -0.2) is 29.0 Å². The summed E-state index contributed by atoms with van der Waals surface area (Å²) in [6.45, 7) is 2.49. The first-order valence-electron chi connectivity index (χ1n) is 7.72. The van der Waals surface area contributed by atoms with Crippen LogP contribution < -0.4 is 4.90 Å². The van der Waals surface area contributed by atoms with Crippen molar-refractivity contribution in [2.45, 2.75) is 25.8 Å². The summed E-state index contributed by atoms with van der Waals surface area (Å²) in [7, 11) is 0. The Morgan fingerprint density at radius 3 is 3.04 bits per heavy atom. The molecule has 7 nitrogen and oxygen atoms in total. The summed E-state index contributed by atoms with van der Waals surface area (Å²) in [5.74, 6) is -0.460. The zero-order chi connectivity index (χ0) is 17.1. The molecule has 0 bridgehead atoms. The maximum absolute atomic E-state index is 12.1. The number of aromatic nitrogens is 1. The first-order chi connectivity index (χ1) is 11.6. The first-order valence-corrected chi connectivity index (χ1v) is 8.67. The van der Waals surface area contributed by atoms with Gasteiger partial charge in [-0.15, -0.1) is 0 Å². The fourth-order valence-corrected chi connectivity index (χ4v) is 3.75. The molecule has 0 radical (unpaired) electrons. The van der Waals surface area contributed by atoms with Gasteiger partial charge in [-0.05, 0) is 48.2 Å². The van der Waals surface area contributed by atoms with Gasteiger partial charge in [0.2, 0.25) is 5.82 Å². The van der Waals surface area contributed by atoms with Crippen molar-refractivity contribution in [3.05, 3.63) is 50.3 Å². The average Bonchev–Trinajstić information content (AvgIpc) is 3.25. The molecule has 0 spiro atoms. The van der Waals surface area contributed by atoms with Gasteiger partial charge in [0.1, 0.15) is 5.56 Å². The Hall–Kier alpha value is -2.48. The van der Waals surface area contributed by atoms with Crippen molar-refractivity contribution in [3.8, 4) is 0 Å². The molecule has 1 aliphatic heterocycles. The van der Waals surface area contributed by atoms with Crippen molar-refractivity contribution in [2.24, 2.45) is 0 Å². The molecule has 0 aromatic carbocycles. The molecule has 0 saturated carbocycles. The summed E-state index contributed by atoms with van der Waals surface area (Å²) in [6.07, 6.45) is 3.25. The van der Waals surface area contributed by atoms with Crippen LogP contribution in [0.4, 0.5) is 11.5 Å². The van der Waals surface area contributed by atoms with E-state index in [4.69, 9.17) is 4.74 Å². The third-order valence-electron chi connectivity index (χ3n) is 4.04. The van der Waals surface area contributed by atoms with Crippen LogP contribution >= 0.6 is 11.3 Å². The van der Waals surface area contributed by atoms with Crippen molar-refractivity contribution in [2.75, 3.05) is 18.1 Å². The summed E-state index contributed by atoms with van der Waals surface area (Å²) in [5.41, 5.74) is 0.788. The molecule has 2 aromatic rings. The van der Waals surface area contributed by atoms with Crippen LogP contribution in [0.5, 0.6) is 0 Å².